The van der Waals surface area contributed by atoms with E-state index >= 15 is 0 Å². The van der Waals surface area contributed by atoms with Crippen LogP contribution in [0, 0.1) is 0 Å². The highest BCUT2D eigenvalue weighted by Crippen LogP contribution is 2.25. The van der Waals surface area contributed by atoms with E-state index in [-0.39, 0.29) is 5.76 Å². The SMILES string of the molecule is CCc1nc(CSc2ccc(C(=O)O)o2)cs1. The molecule has 0 unspecified atom stereocenters. The Morgan fingerprint density at radius 2 is 2.41 bits per heavy atom. The Hall–Kier alpha value is -1.27. The molecule has 1 N–H and O–H groups in total. The van der Waals surface area contributed by atoms with Gasteiger partial charge in [0.15, 0.2) is 5.09 Å². The van der Waals surface area contributed by atoms with E-state index in [4.69, 9.17) is 9.52 Å². The molecule has 0 saturated carbocycles. The Morgan fingerprint density at radius 1 is 1.59 bits per heavy atom. The Bertz CT molecular complexity index is 518. The largest absolute Gasteiger partial charge is 0.475 e. The predicted molar refractivity (Wildman–Crippen MR) is 66.7 cm³/mol. The minimum absolute atomic E-state index is 0.0278. The summed E-state index contributed by atoms with van der Waals surface area (Å²) in [6.07, 6.45) is 0.944. The Labute approximate surface area is 107 Å². The van der Waals surface area contributed by atoms with Crippen LogP contribution in [0.5, 0.6) is 0 Å². The monoisotopic (exact) mass is 269 g/mol. The van der Waals surface area contributed by atoms with Crippen molar-refractivity contribution < 1.29 is 14.3 Å². The molecule has 2 aromatic rings. The molecule has 0 aromatic carbocycles. The normalized spacial score (nSPS) is 10.6. The lowest BCUT2D eigenvalue weighted by Crippen LogP contribution is -1.91. The van der Waals surface area contributed by atoms with Gasteiger partial charge in [-0.3, -0.25) is 0 Å². The Kier molecular flexibility index (Phi) is 3.86. The summed E-state index contributed by atoms with van der Waals surface area (Å²) in [5, 5.41) is 12.4. The third kappa shape index (κ3) is 3.10. The highest BCUT2D eigenvalue weighted by Gasteiger charge is 2.09. The highest BCUT2D eigenvalue weighted by atomic mass is 32.2. The fourth-order valence-electron chi connectivity index (χ4n) is 1.24. The number of aryl methyl sites for hydroxylation is 1. The lowest BCUT2D eigenvalue weighted by atomic mass is 10.5. The van der Waals surface area contributed by atoms with Gasteiger partial charge in [0, 0.05) is 11.1 Å². The van der Waals surface area contributed by atoms with Gasteiger partial charge in [-0.2, -0.15) is 0 Å². The molecule has 2 aromatic heterocycles. The molecule has 0 aliphatic rings. The zero-order chi connectivity index (χ0) is 12.3. The van der Waals surface area contributed by atoms with Gasteiger partial charge >= 0.3 is 5.97 Å². The summed E-state index contributed by atoms with van der Waals surface area (Å²) in [6.45, 7) is 2.07. The number of thiazole rings is 1. The average Bonchev–Trinajstić information content (AvgIpc) is 2.95. The van der Waals surface area contributed by atoms with Gasteiger partial charge in [-0.05, 0) is 18.6 Å². The van der Waals surface area contributed by atoms with E-state index in [1.807, 2.05) is 5.38 Å². The molecule has 0 fully saturated rings. The molecule has 17 heavy (non-hydrogen) atoms. The van der Waals surface area contributed by atoms with Gasteiger partial charge in [0.05, 0.1) is 10.7 Å². The zero-order valence-electron chi connectivity index (χ0n) is 9.17. The standard InChI is InChI=1S/C11H11NO3S2/c1-2-9-12-7(5-16-9)6-17-10-4-3-8(15-10)11(13)14/h3-5H,2,6H2,1H3,(H,13,14). The van der Waals surface area contributed by atoms with Crippen LogP contribution >= 0.6 is 23.1 Å². The van der Waals surface area contributed by atoms with Crippen molar-refractivity contribution in [1.82, 2.24) is 4.98 Å². The van der Waals surface area contributed by atoms with Gasteiger partial charge in [0.25, 0.3) is 0 Å². The van der Waals surface area contributed by atoms with Crippen molar-refractivity contribution in [2.45, 2.75) is 24.2 Å². The number of carboxylic acid groups (broad SMARTS) is 1. The number of hydrogen-bond donors (Lipinski definition) is 1. The highest BCUT2D eigenvalue weighted by molar-refractivity contribution is 7.98. The Balaban J connectivity index is 1.94. The van der Waals surface area contributed by atoms with Crippen LogP contribution in [0.3, 0.4) is 0 Å². The molecule has 0 bridgehead atoms. The van der Waals surface area contributed by atoms with Crippen molar-refractivity contribution in [2.75, 3.05) is 0 Å². The summed E-state index contributed by atoms with van der Waals surface area (Å²) < 4.78 is 5.14. The van der Waals surface area contributed by atoms with Gasteiger partial charge in [-0.15, -0.1) is 11.3 Å². The molecule has 0 aliphatic carbocycles. The van der Waals surface area contributed by atoms with E-state index in [2.05, 4.69) is 11.9 Å². The molecule has 0 radical (unpaired) electrons. The first-order chi connectivity index (χ1) is 8.19. The molecule has 2 rings (SSSR count). The summed E-state index contributed by atoms with van der Waals surface area (Å²) in [5.41, 5.74) is 1.00. The second-order valence-corrected chi connectivity index (χ2v) is 5.22. The quantitative estimate of drug-likeness (QED) is 0.844. The van der Waals surface area contributed by atoms with Gasteiger partial charge in [-0.1, -0.05) is 18.7 Å². The summed E-state index contributed by atoms with van der Waals surface area (Å²) in [6, 6.07) is 3.13. The minimum Gasteiger partial charge on any atom is -0.475 e. The van der Waals surface area contributed by atoms with Crippen LogP contribution < -0.4 is 0 Å². The number of carboxylic acids is 1. The fraction of sp³-hybridized carbons (Fsp3) is 0.273. The minimum atomic E-state index is -1.04. The number of aromatic nitrogens is 1. The first-order valence-electron chi connectivity index (χ1n) is 5.08. The second-order valence-electron chi connectivity index (χ2n) is 3.30. The molecule has 2 heterocycles. The number of thioether (sulfide) groups is 1. The molecule has 0 spiro atoms. The molecule has 0 amide bonds. The lowest BCUT2D eigenvalue weighted by molar-refractivity contribution is 0.0656. The first kappa shape index (κ1) is 12.2. The number of aromatic carboxylic acids is 1. The van der Waals surface area contributed by atoms with E-state index in [9.17, 15) is 4.79 Å². The number of rotatable bonds is 5. The van der Waals surface area contributed by atoms with Crippen LogP contribution in [0.15, 0.2) is 27.0 Å². The van der Waals surface area contributed by atoms with E-state index < -0.39 is 5.97 Å². The van der Waals surface area contributed by atoms with Crippen LogP contribution in [-0.4, -0.2) is 16.1 Å². The van der Waals surface area contributed by atoms with E-state index in [1.165, 1.54) is 17.8 Å². The predicted octanol–water partition coefficient (Wildman–Crippen LogP) is 3.29. The van der Waals surface area contributed by atoms with Gasteiger partial charge in [0.1, 0.15) is 0 Å². The van der Waals surface area contributed by atoms with Crippen LogP contribution in [0.4, 0.5) is 0 Å². The van der Waals surface area contributed by atoms with Gasteiger partial charge in [-0.25, -0.2) is 9.78 Å². The van der Waals surface area contributed by atoms with Gasteiger partial charge in [0.2, 0.25) is 5.76 Å². The van der Waals surface area contributed by atoms with Gasteiger partial charge < -0.3 is 9.52 Å². The number of carbonyl (C=O) groups is 1. The molecule has 0 atom stereocenters. The van der Waals surface area contributed by atoms with E-state index in [0.29, 0.717) is 10.8 Å². The molecule has 90 valence electrons. The topological polar surface area (TPSA) is 63.3 Å². The second kappa shape index (κ2) is 5.37. The summed E-state index contributed by atoms with van der Waals surface area (Å²) in [7, 11) is 0. The lowest BCUT2D eigenvalue weighted by Gasteiger charge is -1.93. The van der Waals surface area contributed by atoms with E-state index in [1.54, 1.807) is 17.4 Å². The maximum atomic E-state index is 10.6. The molecular formula is C11H11NO3S2. The van der Waals surface area contributed by atoms with Crippen molar-refractivity contribution in [3.05, 3.63) is 34.0 Å². The molecule has 0 aliphatic heterocycles. The van der Waals surface area contributed by atoms with E-state index in [0.717, 1.165) is 17.1 Å². The average molecular weight is 269 g/mol. The Morgan fingerprint density at radius 3 is 3.00 bits per heavy atom. The third-order valence-electron chi connectivity index (χ3n) is 2.06. The molecular weight excluding hydrogens is 258 g/mol. The molecule has 4 nitrogen and oxygen atoms in total. The van der Waals surface area contributed by atoms with Crippen LogP contribution in [0.2, 0.25) is 0 Å². The maximum absolute atomic E-state index is 10.6. The summed E-state index contributed by atoms with van der Waals surface area (Å²) in [5.74, 6) is -0.373. The van der Waals surface area contributed by atoms with Crippen molar-refractivity contribution in [1.29, 1.82) is 0 Å². The zero-order valence-corrected chi connectivity index (χ0v) is 10.8. The fourth-order valence-corrected chi connectivity index (χ4v) is 2.84. The number of nitrogens with zero attached hydrogens (tertiary/aromatic N) is 1. The number of hydrogen-bond acceptors (Lipinski definition) is 5. The van der Waals surface area contributed by atoms with Crippen LogP contribution in [-0.2, 0) is 12.2 Å². The smallest absolute Gasteiger partial charge is 0.371 e. The summed E-state index contributed by atoms with van der Waals surface area (Å²) in [4.78, 5) is 15.0. The molecule has 6 heteroatoms. The van der Waals surface area contributed by atoms with Crippen molar-refractivity contribution in [3.8, 4) is 0 Å². The van der Waals surface area contributed by atoms with Crippen LogP contribution in [0.25, 0.3) is 0 Å². The number of furan rings is 1. The first-order valence-corrected chi connectivity index (χ1v) is 6.94. The summed E-state index contributed by atoms with van der Waals surface area (Å²) >= 11 is 3.10. The van der Waals surface area contributed by atoms with Crippen molar-refractivity contribution in [2.24, 2.45) is 0 Å². The maximum Gasteiger partial charge on any atom is 0.371 e. The van der Waals surface area contributed by atoms with Crippen molar-refractivity contribution >= 4 is 29.1 Å². The third-order valence-corrected chi connectivity index (χ3v) is 4.04. The van der Waals surface area contributed by atoms with Crippen molar-refractivity contribution in [3.63, 3.8) is 0 Å². The van der Waals surface area contributed by atoms with Crippen LogP contribution in [0.1, 0.15) is 28.2 Å². The molecule has 0 saturated heterocycles.